The van der Waals surface area contributed by atoms with Gasteiger partial charge in [0, 0.05) is 32.8 Å². The number of rotatable bonds is 2. The van der Waals surface area contributed by atoms with E-state index in [1.165, 1.54) is 27.1 Å². The van der Waals surface area contributed by atoms with Gasteiger partial charge in [0.25, 0.3) is 0 Å². The molecule has 8 rings (SSSR count). The average Bonchev–Trinajstić information content (AvgIpc) is 3.31. The van der Waals surface area contributed by atoms with Crippen LogP contribution in [0.5, 0.6) is 0 Å². The lowest BCUT2D eigenvalue weighted by Gasteiger charge is -2.10. The first-order chi connectivity index (χ1) is 18.3. The Hall–Kier alpha value is -5.02. The summed E-state index contributed by atoms with van der Waals surface area (Å²) < 4.78 is 2.33. The molecule has 0 bridgehead atoms. The van der Waals surface area contributed by atoms with Crippen molar-refractivity contribution in [2.24, 2.45) is 0 Å². The maximum absolute atomic E-state index is 5.09. The molecule has 0 aliphatic rings. The molecule has 0 saturated carbocycles. The summed E-state index contributed by atoms with van der Waals surface area (Å²) in [5.74, 6) is 0. The van der Waals surface area contributed by atoms with E-state index >= 15 is 0 Å². The second-order valence-electron chi connectivity index (χ2n) is 9.50. The van der Waals surface area contributed by atoms with E-state index in [9.17, 15) is 0 Å². The van der Waals surface area contributed by atoms with Crippen molar-refractivity contribution >= 4 is 54.4 Å². The first-order valence-corrected chi connectivity index (χ1v) is 12.5. The summed E-state index contributed by atoms with van der Waals surface area (Å²) in [6, 6.07) is 42.7. The highest BCUT2D eigenvalue weighted by molar-refractivity contribution is 6.23. The summed E-state index contributed by atoms with van der Waals surface area (Å²) in [5.41, 5.74) is 7.34. The molecular formula is C34H21N3. The molecule has 37 heavy (non-hydrogen) atoms. The molecule has 0 radical (unpaired) electrons. The molecule has 0 unspecified atom stereocenters. The highest BCUT2D eigenvalue weighted by Crippen LogP contribution is 2.38. The summed E-state index contributed by atoms with van der Waals surface area (Å²) in [6.45, 7) is 0. The molecule has 3 heteroatoms. The third-order valence-corrected chi connectivity index (χ3v) is 7.39. The van der Waals surface area contributed by atoms with Gasteiger partial charge in [-0.15, -0.1) is 0 Å². The maximum atomic E-state index is 5.09. The van der Waals surface area contributed by atoms with Crippen LogP contribution < -0.4 is 0 Å². The molecule has 0 saturated heterocycles. The molecule has 0 N–H and O–H groups in total. The van der Waals surface area contributed by atoms with Crippen LogP contribution in [0.1, 0.15) is 0 Å². The third kappa shape index (κ3) is 3.01. The van der Waals surface area contributed by atoms with E-state index in [-0.39, 0.29) is 0 Å². The molecule has 3 aromatic heterocycles. The highest BCUT2D eigenvalue weighted by Gasteiger charge is 2.17. The molecule has 0 fully saturated rings. The van der Waals surface area contributed by atoms with Crippen LogP contribution in [-0.4, -0.2) is 14.5 Å². The molecule has 3 heterocycles. The molecule has 0 aliphatic heterocycles. The molecule has 172 valence electrons. The largest absolute Gasteiger partial charge is 0.308 e. The van der Waals surface area contributed by atoms with Crippen LogP contribution in [0.3, 0.4) is 0 Å². The van der Waals surface area contributed by atoms with E-state index in [1.54, 1.807) is 0 Å². The van der Waals surface area contributed by atoms with Crippen LogP contribution in [0.2, 0.25) is 0 Å². The van der Waals surface area contributed by atoms with Gasteiger partial charge in [-0.1, -0.05) is 97.1 Å². The van der Waals surface area contributed by atoms with Crippen LogP contribution in [0.15, 0.2) is 128 Å². The molecule has 0 aliphatic carbocycles. The van der Waals surface area contributed by atoms with Crippen molar-refractivity contribution in [2.45, 2.75) is 0 Å². The van der Waals surface area contributed by atoms with E-state index in [0.29, 0.717) is 0 Å². The number of hydrogen-bond donors (Lipinski definition) is 0. The van der Waals surface area contributed by atoms with Crippen molar-refractivity contribution in [3.63, 3.8) is 0 Å². The number of para-hydroxylation sites is 1. The van der Waals surface area contributed by atoms with Crippen LogP contribution in [0.4, 0.5) is 0 Å². The summed E-state index contributed by atoms with van der Waals surface area (Å²) >= 11 is 0. The molecular weight excluding hydrogens is 450 g/mol. The summed E-state index contributed by atoms with van der Waals surface area (Å²) in [5, 5.41) is 7.11. The van der Waals surface area contributed by atoms with Crippen molar-refractivity contribution in [2.75, 3.05) is 0 Å². The topological polar surface area (TPSA) is 30.7 Å². The van der Waals surface area contributed by atoms with Gasteiger partial charge in [-0.3, -0.25) is 4.98 Å². The second-order valence-corrected chi connectivity index (χ2v) is 9.50. The van der Waals surface area contributed by atoms with E-state index in [1.807, 2.05) is 24.4 Å². The zero-order valence-corrected chi connectivity index (χ0v) is 20.0. The van der Waals surface area contributed by atoms with Gasteiger partial charge in [0.05, 0.1) is 34.0 Å². The van der Waals surface area contributed by atoms with Crippen molar-refractivity contribution in [3.8, 4) is 16.9 Å². The van der Waals surface area contributed by atoms with Crippen molar-refractivity contribution in [1.82, 2.24) is 14.5 Å². The van der Waals surface area contributed by atoms with Gasteiger partial charge < -0.3 is 4.57 Å². The van der Waals surface area contributed by atoms with Crippen LogP contribution in [-0.2, 0) is 0 Å². The standard InChI is InChI=1S/C34H21N3/c1-2-9-23(10-3-1)29-19-16-24-15-18-28-32-27-12-6-7-13-30(27)37(31(32)21-35-34(28)33(24)36-29)26-17-14-22-8-4-5-11-25(22)20-26/h1-21H. The van der Waals surface area contributed by atoms with Gasteiger partial charge in [0.15, 0.2) is 0 Å². The van der Waals surface area contributed by atoms with Gasteiger partial charge in [0.2, 0.25) is 0 Å². The molecule has 5 aromatic carbocycles. The average molecular weight is 472 g/mol. The van der Waals surface area contributed by atoms with Gasteiger partial charge >= 0.3 is 0 Å². The van der Waals surface area contributed by atoms with Crippen LogP contribution in [0.25, 0.3) is 71.3 Å². The fraction of sp³-hybridized carbons (Fsp3) is 0. The fourth-order valence-corrected chi connectivity index (χ4v) is 5.66. The number of nitrogens with zero attached hydrogens (tertiary/aromatic N) is 3. The Kier molecular flexibility index (Phi) is 4.23. The first kappa shape index (κ1) is 20.2. The lowest BCUT2D eigenvalue weighted by atomic mass is 10.0. The zero-order valence-electron chi connectivity index (χ0n) is 20.0. The summed E-state index contributed by atoms with van der Waals surface area (Å²) in [4.78, 5) is 10.1. The fourth-order valence-electron chi connectivity index (χ4n) is 5.66. The molecule has 0 atom stereocenters. The summed E-state index contributed by atoms with van der Waals surface area (Å²) in [6.07, 6.45) is 2.02. The molecule has 0 spiro atoms. The van der Waals surface area contributed by atoms with Gasteiger partial charge in [0.1, 0.15) is 0 Å². The van der Waals surface area contributed by atoms with Gasteiger partial charge in [-0.25, -0.2) is 4.98 Å². The van der Waals surface area contributed by atoms with Crippen molar-refractivity contribution in [1.29, 1.82) is 0 Å². The quantitative estimate of drug-likeness (QED) is 0.236. The minimum absolute atomic E-state index is 0.934. The van der Waals surface area contributed by atoms with Crippen LogP contribution >= 0.6 is 0 Å². The lowest BCUT2D eigenvalue weighted by Crippen LogP contribution is -1.95. The monoisotopic (exact) mass is 471 g/mol. The Morgan fingerprint density at radius 1 is 0.514 bits per heavy atom. The highest BCUT2D eigenvalue weighted by atomic mass is 15.0. The SMILES string of the molecule is c1ccc(-c2ccc3ccc4c(ncc5c4c4ccccc4n5-c4ccc5ccccc5c4)c3n2)cc1. The van der Waals surface area contributed by atoms with Crippen LogP contribution in [0, 0.1) is 0 Å². The number of pyridine rings is 2. The van der Waals surface area contributed by atoms with Gasteiger partial charge in [-0.2, -0.15) is 0 Å². The van der Waals surface area contributed by atoms with E-state index in [0.717, 1.165) is 44.3 Å². The first-order valence-electron chi connectivity index (χ1n) is 12.5. The molecule has 0 amide bonds. The van der Waals surface area contributed by atoms with E-state index in [4.69, 9.17) is 9.97 Å². The Labute approximate surface area is 213 Å². The Morgan fingerprint density at radius 3 is 2.19 bits per heavy atom. The predicted molar refractivity (Wildman–Crippen MR) is 154 cm³/mol. The Bertz CT molecular complexity index is 2140. The number of benzene rings is 5. The second kappa shape index (κ2) is 7.74. The van der Waals surface area contributed by atoms with Gasteiger partial charge in [-0.05, 0) is 35.0 Å². The number of fused-ring (bicyclic) bond motifs is 8. The zero-order chi connectivity index (χ0) is 24.3. The number of hydrogen-bond acceptors (Lipinski definition) is 2. The summed E-state index contributed by atoms with van der Waals surface area (Å²) in [7, 11) is 0. The van der Waals surface area contributed by atoms with E-state index < -0.39 is 0 Å². The maximum Gasteiger partial charge on any atom is 0.0972 e. The minimum atomic E-state index is 0.934. The third-order valence-electron chi connectivity index (χ3n) is 7.39. The van der Waals surface area contributed by atoms with Crippen molar-refractivity contribution < 1.29 is 0 Å². The Morgan fingerprint density at radius 2 is 1.27 bits per heavy atom. The smallest absolute Gasteiger partial charge is 0.0972 e. The van der Waals surface area contributed by atoms with E-state index in [2.05, 4.69) is 108 Å². The Balaban J connectivity index is 1.46. The molecule has 8 aromatic rings. The number of aromatic nitrogens is 3. The van der Waals surface area contributed by atoms with Crippen molar-refractivity contribution in [3.05, 3.63) is 128 Å². The predicted octanol–water partition coefficient (Wildman–Crippen LogP) is 8.70. The normalized spacial score (nSPS) is 11.8. The lowest BCUT2D eigenvalue weighted by molar-refractivity contribution is 1.18. The molecule has 3 nitrogen and oxygen atoms in total. The minimum Gasteiger partial charge on any atom is -0.308 e.